The molecule has 0 bridgehead atoms. The van der Waals surface area contributed by atoms with Crippen molar-refractivity contribution < 1.29 is 26.9 Å². The average Bonchev–Trinajstić information content (AvgIpc) is 3.74. The molecule has 2 N–H and O–H groups in total. The van der Waals surface area contributed by atoms with Crippen LogP contribution in [0.25, 0.3) is 11.3 Å². The standard InChI is InChI=1S/C39H47ClN8O6S/c1-24-10-9-11-25(2)47(24)38-44-43-35-19-15-27(22-46(35)38)54-32-18-17-31(28-12-7-8-13-29(28)32)41-37(49)42-36-21-34(39(3,4)5)45-48(36)26-14-16-30(40)33(20-26)52-23-53-55(6,50)51/h7-8,12-16,19-22,24-25,31-32H,9-11,17-18,23H2,1-6H3,(H2,41,42,49)/t24-,25+,31-,32+/m0/s1. The summed E-state index contributed by atoms with van der Waals surface area (Å²) >= 11 is 6.35. The van der Waals surface area contributed by atoms with Crippen molar-refractivity contribution >= 4 is 45.2 Å². The minimum Gasteiger partial charge on any atom is -0.484 e. The molecule has 1 aliphatic heterocycles. The number of anilines is 2. The Balaban J connectivity index is 1.08. The first-order chi connectivity index (χ1) is 26.1. The lowest BCUT2D eigenvalue weighted by molar-refractivity contribution is 0.127. The second kappa shape index (κ2) is 15.3. The first kappa shape index (κ1) is 38.4. The topological polar surface area (TPSA) is 154 Å². The molecule has 1 fully saturated rings. The minimum atomic E-state index is -3.72. The van der Waals surface area contributed by atoms with Crippen LogP contribution in [-0.4, -0.2) is 64.0 Å². The number of carbonyl (C=O) groups excluding carboxylic acids is 1. The number of benzene rings is 2. The Bertz CT molecular complexity index is 2290. The van der Waals surface area contributed by atoms with Crippen molar-refractivity contribution in [1.82, 2.24) is 29.7 Å². The van der Waals surface area contributed by atoms with E-state index in [-0.39, 0.29) is 28.3 Å². The highest BCUT2D eigenvalue weighted by Gasteiger charge is 2.32. The molecule has 2 amide bonds. The summed E-state index contributed by atoms with van der Waals surface area (Å²) in [6, 6.07) is 18.7. The van der Waals surface area contributed by atoms with Gasteiger partial charge < -0.3 is 19.7 Å². The number of amides is 2. The lowest BCUT2D eigenvalue weighted by atomic mass is 9.85. The maximum absolute atomic E-state index is 13.7. The third kappa shape index (κ3) is 8.53. The summed E-state index contributed by atoms with van der Waals surface area (Å²) in [7, 11) is -3.72. The summed E-state index contributed by atoms with van der Waals surface area (Å²) in [6.45, 7) is 10.0. The van der Waals surface area contributed by atoms with Gasteiger partial charge in [0.1, 0.15) is 23.4 Å². The van der Waals surface area contributed by atoms with Gasteiger partial charge in [-0.1, -0.05) is 56.6 Å². The second-order valence-corrected chi connectivity index (χ2v) is 17.4. The number of carbonyl (C=O) groups is 1. The van der Waals surface area contributed by atoms with Gasteiger partial charge in [-0.3, -0.25) is 9.72 Å². The van der Waals surface area contributed by atoms with Gasteiger partial charge in [0.05, 0.1) is 34.9 Å². The van der Waals surface area contributed by atoms with Crippen molar-refractivity contribution in [2.24, 2.45) is 0 Å². The van der Waals surface area contributed by atoms with Crippen molar-refractivity contribution in [2.75, 3.05) is 23.3 Å². The van der Waals surface area contributed by atoms with Crippen LogP contribution in [0.15, 0.2) is 66.9 Å². The van der Waals surface area contributed by atoms with Gasteiger partial charge in [-0.2, -0.15) is 13.5 Å². The maximum atomic E-state index is 13.7. The van der Waals surface area contributed by atoms with Gasteiger partial charge in [0, 0.05) is 29.6 Å². The smallest absolute Gasteiger partial charge is 0.320 e. The van der Waals surface area contributed by atoms with Crippen LogP contribution in [-0.2, 0) is 19.7 Å². The van der Waals surface area contributed by atoms with E-state index in [9.17, 15) is 13.2 Å². The van der Waals surface area contributed by atoms with Crippen LogP contribution in [0.2, 0.25) is 5.02 Å². The third-order valence-corrected chi connectivity index (χ3v) is 11.0. The number of rotatable bonds is 10. The highest BCUT2D eigenvalue weighted by Crippen LogP contribution is 2.39. The fourth-order valence-corrected chi connectivity index (χ4v) is 7.76. The molecule has 5 aromatic rings. The summed E-state index contributed by atoms with van der Waals surface area (Å²) in [4.78, 5) is 16.1. The number of ether oxygens (including phenoxy) is 2. The first-order valence-electron chi connectivity index (χ1n) is 18.5. The number of aromatic nitrogens is 5. The lowest BCUT2D eigenvalue weighted by Gasteiger charge is -2.39. The Morgan fingerprint density at radius 1 is 0.964 bits per heavy atom. The number of fused-ring (bicyclic) bond motifs is 2. The highest BCUT2D eigenvalue weighted by atomic mass is 35.5. The van der Waals surface area contributed by atoms with Gasteiger partial charge in [-0.05, 0) is 81.3 Å². The molecule has 0 saturated carbocycles. The van der Waals surface area contributed by atoms with Gasteiger partial charge in [0.2, 0.25) is 12.7 Å². The molecule has 2 aliphatic rings. The van der Waals surface area contributed by atoms with E-state index in [0.717, 1.165) is 53.3 Å². The quantitative estimate of drug-likeness (QED) is 0.106. The van der Waals surface area contributed by atoms with E-state index >= 15 is 0 Å². The Labute approximate surface area is 326 Å². The van der Waals surface area contributed by atoms with Crippen molar-refractivity contribution in [1.29, 1.82) is 0 Å². The lowest BCUT2D eigenvalue weighted by Crippen LogP contribution is -2.44. The zero-order chi connectivity index (χ0) is 39.1. The van der Waals surface area contributed by atoms with Crippen molar-refractivity contribution in [3.05, 3.63) is 88.7 Å². The van der Waals surface area contributed by atoms with Crippen LogP contribution in [0.4, 0.5) is 16.6 Å². The zero-order valence-corrected chi connectivity index (χ0v) is 33.4. The molecule has 7 rings (SSSR count). The molecule has 1 saturated heterocycles. The summed E-state index contributed by atoms with van der Waals surface area (Å²) < 4.78 is 43.4. The van der Waals surface area contributed by atoms with E-state index in [0.29, 0.717) is 36.4 Å². The molecule has 55 heavy (non-hydrogen) atoms. The van der Waals surface area contributed by atoms with E-state index in [1.165, 1.54) is 6.42 Å². The Morgan fingerprint density at radius 3 is 2.44 bits per heavy atom. The molecule has 4 heterocycles. The van der Waals surface area contributed by atoms with Gasteiger partial charge in [0.15, 0.2) is 5.65 Å². The molecule has 14 nitrogen and oxygen atoms in total. The fraction of sp³-hybridized carbons (Fsp3) is 0.436. The van der Waals surface area contributed by atoms with Crippen molar-refractivity contribution in [3.63, 3.8) is 0 Å². The van der Waals surface area contributed by atoms with Crippen LogP contribution in [0.3, 0.4) is 0 Å². The van der Waals surface area contributed by atoms with E-state index in [4.69, 9.17) is 30.4 Å². The molecule has 3 aromatic heterocycles. The minimum absolute atomic E-state index is 0.190. The molecule has 292 valence electrons. The summed E-state index contributed by atoms with van der Waals surface area (Å²) in [5.41, 5.74) is 3.69. The Kier molecular flexibility index (Phi) is 10.7. The van der Waals surface area contributed by atoms with Crippen LogP contribution in [0, 0.1) is 0 Å². The number of hydrogen-bond donors (Lipinski definition) is 2. The molecular weight excluding hydrogens is 744 g/mol. The molecule has 0 unspecified atom stereocenters. The SMILES string of the molecule is C[C@@H]1CCC[C@H](C)N1c1nnc2ccc(O[C@@H]3CC[C@H](NC(=O)Nc4cc(C(C)(C)C)nn4-c4ccc(Cl)c(OCOS(C)(=O)=O)c4)c4ccccc43)cn12. The Morgan fingerprint density at radius 2 is 1.71 bits per heavy atom. The number of urea groups is 1. The van der Waals surface area contributed by atoms with E-state index in [1.54, 1.807) is 22.9 Å². The highest BCUT2D eigenvalue weighted by molar-refractivity contribution is 7.85. The molecule has 1 aliphatic carbocycles. The number of halogens is 1. The van der Waals surface area contributed by atoms with Crippen molar-refractivity contribution in [2.45, 2.75) is 96.4 Å². The molecule has 16 heteroatoms. The third-order valence-electron chi connectivity index (χ3n) is 10.2. The number of nitrogens with one attached hydrogen (secondary N) is 2. The first-order valence-corrected chi connectivity index (χ1v) is 20.7. The van der Waals surface area contributed by atoms with Gasteiger partial charge in [-0.25, -0.2) is 13.7 Å². The van der Waals surface area contributed by atoms with Crippen LogP contribution < -0.4 is 25.0 Å². The van der Waals surface area contributed by atoms with Gasteiger partial charge in [0.25, 0.3) is 10.1 Å². The summed E-state index contributed by atoms with van der Waals surface area (Å²) in [5.74, 6) is 2.16. The fourth-order valence-electron chi connectivity index (χ4n) is 7.36. The number of nitrogens with zero attached hydrogens (tertiary/aromatic N) is 6. The average molecular weight is 791 g/mol. The van der Waals surface area contributed by atoms with E-state index in [2.05, 4.69) is 45.6 Å². The molecule has 4 atom stereocenters. The Hall–Kier alpha value is -4.86. The monoisotopic (exact) mass is 790 g/mol. The van der Waals surface area contributed by atoms with E-state index < -0.39 is 22.9 Å². The molecule has 0 spiro atoms. The number of hydrogen-bond acceptors (Lipinski definition) is 10. The summed E-state index contributed by atoms with van der Waals surface area (Å²) in [5, 5.41) is 20.2. The summed E-state index contributed by atoms with van der Waals surface area (Å²) in [6.07, 6.45) is 7.47. The van der Waals surface area contributed by atoms with Crippen molar-refractivity contribution in [3.8, 4) is 17.2 Å². The maximum Gasteiger partial charge on any atom is 0.320 e. The predicted molar refractivity (Wildman–Crippen MR) is 211 cm³/mol. The molecular formula is C39H47ClN8O6S. The van der Waals surface area contributed by atoms with E-state index in [1.807, 2.05) is 67.8 Å². The molecule has 2 aromatic carbocycles. The number of piperidine rings is 1. The second-order valence-electron chi connectivity index (χ2n) is 15.4. The normalized spacial score (nSPS) is 20.2. The zero-order valence-electron chi connectivity index (χ0n) is 31.8. The van der Waals surface area contributed by atoms with Crippen LogP contribution in [0.1, 0.15) is 95.7 Å². The van der Waals surface area contributed by atoms with Crippen LogP contribution in [0.5, 0.6) is 11.5 Å². The molecule has 0 radical (unpaired) electrons. The van der Waals surface area contributed by atoms with Gasteiger partial charge >= 0.3 is 6.03 Å². The number of pyridine rings is 1. The van der Waals surface area contributed by atoms with Crippen LogP contribution >= 0.6 is 11.6 Å². The van der Waals surface area contributed by atoms with Gasteiger partial charge in [-0.15, -0.1) is 10.2 Å². The largest absolute Gasteiger partial charge is 0.484 e. The predicted octanol–water partition coefficient (Wildman–Crippen LogP) is 7.72.